The van der Waals surface area contributed by atoms with Gasteiger partial charge in [-0.05, 0) is 50.3 Å². The molecular weight excluding hydrogens is 246 g/mol. The second-order valence-corrected chi connectivity index (χ2v) is 6.21. The third kappa shape index (κ3) is 2.98. The van der Waals surface area contributed by atoms with Gasteiger partial charge < -0.3 is 10.2 Å². The normalized spacial score (nSPS) is 26.4. The van der Waals surface area contributed by atoms with Crippen LogP contribution >= 0.6 is 0 Å². The molecule has 1 aromatic heterocycles. The van der Waals surface area contributed by atoms with Gasteiger partial charge in [0.1, 0.15) is 5.82 Å². The van der Waals surface area contributed by atoms with E-state index in [-0.39, 0.29) is 0 Å². The largest absolute Gasteiger partial charge is 0.353 e. The van der Waals surface area contributed by atoms with E-state index in [0.717, 1.165) is 25.0 Å². The molecule has 2 unspecified atom stereocenters. The molecule has 1 saturated heterocycles. The SMILES string of the molecule is CCNCc1cccc(N2CCCC3CCCCC32)n1. The van der Waals surface area contributed by atoms with E-state index < -0.39 is 0 Å². The van der Waals surface area contributed by atoms with Crippen molar-refractivity contribution in [2.75, 3.05) is 18.0 Å². The number of nitrogens with zero attached hydrogens (tertiary/aromatic N) is 2. The fourth-order valence-electron chi connectivity index (χ4n) is 3.89. The number of hydrogen-bond donors (Lipinski definition) is 1. The summed E-state index contributed by atoms with van der Waals surface area (Å²) in [4.78, 5) is 7.49. The summed E-state index contributed by atoms with van der Waals surface area (Å²) in [6.45, 7) is 5.21. The number of pyridine rings is 1. The standard InChI is InChI=1S/C17H27N3/c1-2-18-13-15-9-5-11-17(19-15)20-12-6-8-14-7-3-4-10-16(14)20/h5,9,11,14,16,18H,2-4,6-8,10,12-13H2,1H3. The molecule has 2 heterocycles. The fourth-order valence-corrected chi connectivity index (χ4v) is 3.89. The molecule has 3 heteroatoms. The molecule has 0 radical (unpaired) electrons. The molecule has 0 bridgehead atoms. The molecule has 1 saturated carbocycles. The molecule has 3 nitrogen and oxygen atoms in total. The zero-order valence-corrected chi connectivity index (χ0v) is 12.6. The van der Waals surface area contributed by atoms with Gasteiger partial charge in [0.2, 0.25) is 0 Å². The van der Waals surface area contributed by atoms with Crippen LogP contribution in [0.3, 0.4) is 0 Å². The van der Waals surface area contributed by atoms with Gasteiger partial charge in [0.15, 0.2) is 0 Å². The predicted octanol–water partition coefficient (Wildman–Crippen LogP) is 3.35. The van der Waals surface area contributed by atoms with Crippen LogP contribution in [-0.2, 0) is 6.54 Å². The smallest absolute Gasteiger partial charge is 0.129 e. The molecule has 0 amide bonds. The van der Waals surface area contributed by atoms with Crippen molar-refractivity contribution in [1.82, 2.24) is 10.3 Å². The summed E-state index contributed by atoms with van der Waals surface area (Å²) in [5.74, 6) is 2.12. The van der Waals surface area contributed by atoms with Crippen LogP contribution < -0.4 is 10.2 Å². The van der Waals surface area contributed by atoms with Crippen LogP contribution in [-0.4, -0.2) is 24.1 Å². The molecule has 2 atom stereocenters. The van der Waals surface area contributed by atoms with E-state index >= 15 is 0 Å². The third-order valence-electron chi connectivity index (χ3n) is 4.89. The van der Waals surface area contributed by atoms with E-state index in [1.165, 1.54) is 56.6 Å². The van der Waals surface area contributed by atoms with Crippen molar-refractivity contribution in [2.24, 2.45) is 5.92 Å². The summed E-state index contributed by atoms with van der Waals surface area (Å²) < 4.78 is 0. The highest BCUT2D eigenvalue weighted by Crippen LogP contribution is 2.37. The van der Waals surface area contributed by atoms with Gasteiger partial charge in [-0.1, -0.05) is 25.8 Å². The van der Waals surface area contributed by atoms with Crippen molar-refractivity contribution >= 4 is 5.82 Å². The summed E-state index contributed by atoms with van der Waals surface area (Å²) in [6, 6.07) is 7.25. The van der Waals surface area contributed by atoms with E-state index in [1.807, 2.05) is 0 Å². The Kier molecular flexibility index (Phi) is 4.56. The first-order valence-corrected chi connectivity index (χ1v) is 8.32. The van der Waals surface area contributed by atoms with Crippen molar-refractivity contribution in [1.29, 1.82) is 0 Å². The summed E-state index contributed by atoms with van der Waals surface area (Å²) in [5, 5.41) is 3.37. The van der Waals surface area contributed by atoms with Gasteiger partial charge in [0.25, 0.3) is 0 Å². The number of hydrogen-bond acceptors (Lipinski definition) is 3. The molecular formula is C17H27N3. The van der Waals surface area contributed by atoms with Crippen LogP contribution in [0.2, 0.25) is 0 Å². The summed E-state index contributed by atoms with van der Waals surface area (Å²) in [5.41, 5.74) is 1.17. The lowest BCUT2D eigenvalue weighted by atomic mass is 9.78. The lowest BCUT2D eigenvalue weighted by Gasteiger charge is -2.44. The van der Waals surface area contributed by atoms with Crippen LogP contribution in [0.5, 0.6) is 0 Å². The highest BCUT2D eigenvalue weighted by Gasteiger charge is 2.33. The van der Waals surface area contributed by atoms with Crippen LogP contribution in [0.4, 0.5) is 5.82 Å². The minimum Gasteiger partial charge on any atom is -0.353 e. The number of piperidine rings is 1. The quantitative estimate of drug-likeness (QED) is 0.912. The molecule has 1 aliphatic heterocycles. The molecule has 2 aliphatic rings. The Labute approximate surface area is 122 Å². The van der Waals surface area contributed by atoms with E-state index in [4.69, 9.17) is 4.98 Å². The van der Waals surface area contributed by atoms with Crippen molar-refractivity contribution < 1.29 is 0 Å². The van der Waals surface area contributed by atoms with Gasteiger partial charge in [-0.3, -0.25) is 0 Å². The Hall–Kier alpha value is -1.09. The van der Waals surface area contributed by atoms with Crippen molar-refractivity contribution in [3.05, 3.63) is 23.9 Å². The summed E-state index contributed by atoms with van der Waals surface area (Å²) in [7, 11) is 0. The van der Waals surface area contributed by atoms with E-state index in [9.17, 15) is 0 Å². The number of anilines is 1. The Morgan fingerprint density at radius 1 is 1.20 bits per heavy atom. The monoisotopic (exact) mass is 273 g/mol. The molecule has 110 valence electrons. The second-order valence-electron chi connectivity index (χ2n) is 6.21. The molecule has 0 aromatic carbocycles. The number of aromatic nitrogens is 1. The predicted molar refractivity (Wildman–Crippen MR) is 83.9 cm³/mol. The zero-order valence-electron chi connectivity index (χ0n) is 12.6. The number of nitrogens with one attached hydrogen (secondary N) is 1. The second kappa shape index (κ2) is 6.57. The van der Waals surface area contributed by atoms with Gasteiger partial charge in [-0.15, -0.1) is 0 Å². The van der Waals surface area contributed by atoms with Crippen LogP contribution in [0.1, 0.15) is 51.1 Å². The first kappa shape index (κ1) is 13.9. The Bertz CT molecular complexity index is 430. The first-order valence-electron chi connectivity index (χ1n) is 8.32. The molecule has 20 heavy (non-hydrogen) atoms. The van der Waals surface area contributed by atoms with Crippen LogP contribution in [0.25, 0.3) is 0 Å². The molecule has 3 rings (SSSR count). The summed E-state index contributed by atoms with van der Waals surface area (Å²) in [6.07, 6.45) is 8.39. The van der Waals surface area contributed by atoms with Gasteiger partial charge in [0.05, 0.1) is 5.69 Å². The highest BCUT2D eigenvalue weighted by molar-refractivity contribution is 5.41. The minimum absolute atomic E-state index is 0.749. The van der Waals surface area contributed by atoms with Gasteiger partial charge in [-0.2, -0.15) is 0 Å². The molecule has 1 aromatic rings. The van der Waals surface area contributed by atoms with Crippen LogP contribution in [0, 0.1) is 5.92 Å². The minimum atomic E-state index is 0.749. The molecule has 2 fully saturated rings. The van der Waals surface area contributed by atoms with E-state index in [0.29, 0.717) is 0 Å². The fraction of sp³-hybridized carbons (Fsp3) is 0.706. The summed E-state index contributed by atoms with van der Waals surface area (Å²) >= 11 is 0. The molecule has 1 N–H and O–H groups in total. The van der Waals surface area contributed by atoms with Crippen LogP contribution in [0.15, 0.2) is 18.2 Å². The van der Waals surface area contributed by atoms with Crippen molar-refractivity contribution in [3.63, 3.8) is 0 Å². The number of fused-ring (bicyclic) bond motifs is 1. The topological polar surface area (TPSA) is 28.2 Å². The molecule has 1 aliphatic carbocycles. The third-order valence-corrected chi connectivity index (χ3v) is 4.89. The van der Waals surface area contributed by atoms with Crippen molar-refractivity contribution in [2.45, 2.75) is 58.0 Å². The van der Waals surface area contributed by atoms with Gasteiger partial charge >= 0.3 is 0 Å². The maximum Gasteiger partial charge on any atom is 0.129 e. The average Bonchev–Trinajstić information content (AvgIpc) is 2.52. The molecule has 0 spiro atoms. The average molecular weight is 273 g/mol. The Balaban J connectivity index is 1.76. The van der Waals surface area contributed by atoms with E-state index in [1.54, 1.807) is 0 Å². The number of rotatable bonds is 4. The zero-order chi connectivity index (χ0) is 13.8. The van der Waals surface area contributed by atoms with E-state index in [2.05, 4.69) is 35.3 Å². The highest BCUT2D eigenvalue weighted by atomic mass is 15.2. The Morgan fingerprint density at radius 3 is 2.95 bits per heavy atom. The van der Waals surface area contributed by atoms with Gasteiger partial charge in [-0.25, -0.2) is 4.98 Å². The maximum atomic E-state index is 4.89. The van der Waals surface area contributed by atoms with Crippen molar-refractivity contribution in [3.8, 4) is 0 Å². The van der Waals surface area contributed by atoms with Gasteiger partial charge in [0, 0.05) is 19.1 Å². The maximum absolute atomic E-state index is 4.89. The Morgan fingerprint density at radius 2 is 2.05 bits per heavy atom. The first-order chi connectivity index (χ1) is 9.88. The lowest BCUT2D eigenvalue weighted by molar-refractivity contribution is 0.242. The lowest BCUT2D eigenvalue weighted by Crippen LogP contribution is -2.47.